The fourth-order valence-electron chi connectivity index (χ4n) is 2.16. The van der Waals surface area contributed by atoms with E-state index in [2.05, 4.69) is 20.8 Å². The molecule has 0 saturated carbocycles. The summed E-state index contributed by atoms with van der Waals surface area (Å²) in [5.41, 5.74) is 1.50. The number of hydrogen-bond donors (Lipinski definition) is 3. The monoisotopic (exact) mass is 386 g/mol. The molecule has 3 N–H and O–H groups in total. The molecule has 3 aromatic rings. The van der Waals surface area contributed by atoms with Crippen LogP contribution in [0.4, 0.5) is 5.69 Å². The van der Waals surface area contributed by atoms with E-state index >= 15 is 0 Å². The second-order valence-corrected chi connectivity index (χ2v) is 6.79. The standard InChI is InChI=1S/C18H15ClN4O2S/c19-15-4-2-1-3-14(15)16-7-5-13(26-16)6-8-17(24)20-11-18(25)23-12-9-21-22-10-12/h1-10H,11H2,(H,20,24)(H,21,22)(H,23,25)/b8-6+. The number of halogens is 1. The first-order chi connectivity index (χ1) is 12.6. The molecule has 1 aromatic carbocycles. The molecule has 0 aliphatic heterocycles. The maximum absolute atomic E-state index is 11.8. The number of aromatic amines is 1. The smallest absolute Gasteiger partial charge is 0.244 e. The summed E-state index contributed by atoms with van der Waals surface area (Å²) < 4.78 is 0. The van der Waals surface area contributed by atoms with Gasteiger partial charge < -0.3 is 10.6 Å². The minimum atomic E-state index is -0.347. The summed E-state index contributed by atoms with van der Waals surface area (Å²) >= 11 is 7.73. The van der Waals surface area contributed by atoms with Crippen molar-refractivity contribution in [2.75, 3.05) is 11.9 Å². The lowest BCUT2D eigenvalue weighted by Crippen LogP contribution is -2.31. The molecule has 0 aliphatic carbocycles. The van der Waals surface area contributed by atoms with Crippen LogP contribution in [-0.4, -0.2) is 28.6 Å². The maximum Gasteiger partial charge on any atom is 0.244 e. The number of nitrogens with zero attached hydrogens (tertiary/aromatic N) is 1. The average Bonchev–Trinajstić information content (AvgIpc) is 3.30. The van der Waals surface area contributed by atoms with Gasteiger partial charge in [0, 0.05) is 32.6 Å². The first-order valence-electron chi connectivity index (χ1n) is 7.71. The highest BCUT2D eigenvalue weighted by Crippen LogP contribution is 2.33. The molecule has 0 unspecified atom stereocenters. The van der Waals surface area contributed by atoms with E-state index in [4.69, 9.17) is 11.6 Å². The Kier molecular flexibility index (Phi) is 5.83. The van der Waals surface area contributed by atoms with Crippen molar-refractivity contribution in [3.05, 3.63) is 64.8 Å². The molecule has 0 spiro atoms. The van der Waals surface area contributed by atoms with E-state index in [1.54, 1.807) is 12.3 Å². The van der Waals surface area contributed by atoms with Gasteiger partial charge in [-0.3, -0.25) is 14.7 Å². The molecule has 0 fully saturated rings. The van der Waals surface area contributed by atoms with E-state index < -0.39 is 0 Å². The van der Waals surface area contributed by atoms with Crippen LogP contribution >= 0.6 is 22.9 Å². The highest BCUT2D eigenvalue weighted by Gasteiger charge is 2.06. The van der Waals surface area contributed by atoms with Gasteiger partial charge in [-0.15, -0.1) is 11.3 Å². The summed E-state index contributed by atoms with van der Waals surface area (Å²) in [6.07, 6.45) is 6.13. The number of anilines is 1. The van der Waals surface area contributed by atoms with Crippen LogP contribution in [-0.2, 0) is 9.59 Å². The molecule has 0 bridgehead atoms. The summed E-state index contributed by atoms with van der Waals surface area (Å²) in [6, 6.07) is 11.5. The minimum Gasteiger partial charge on any atom is -0.343 e. The Morgan fingerprint density at radius 3 is 2.85 bits per heavy atom. The van der Waals surface area contributed by atoms with E-state index in [9.17, 15) is 9.59 Å². The van der Waals surface area contributed by atoms with E-state index in [-0.39, 0.29) is 18.4 Å². The number of amides is 2. The number of nitrogens with one attached hydrogen (secondary N) is 3. The van der Waals surface area contributed by atoms with Gasteiger partial charge in [0.2, 0.25) is 11.8 Å². The Morgan fingerprint density at radius 2 is 2.08 bits per heavy atom. The molecule has 132 valence electrons. The molecule has 0 atom stereocenters. The second-order valence-electron chi connectivity index (χ2n) is 5.27. The highest BCUT2D eigenvalue weighted by molar-refractivity contribution is 7.16. The summed E-state index contributed by atoms with van der Waals surface area (Å²) in [4.78, 5) is 25.5. The third-order valence-corrected chi connectivity index (χ3v) is 4.78. The van der Waals surface area contributed by atoms with Crippen LogP contribution in [0.25, 0.3) is 16.5 Å². The predicted octanol–water partition coefficient (Wildman–Crippen LogP) is 3.56. The molecule has 3 rings (SSSR count). The highest BCUT2D eigenvalue weighted by atomic mass is 35.5. The van der Waals surface area contributed by atoms with Gasteiger partial charge in [0.25, 0.3) is 0 Å². The molecule has 0 saturated heterocycles. The van der Waals surface area contributed by atoms with Crippen molar-refractivity contribution < 1.29 is 9.59 Å². The van der Waals surface area contributed by atoms with Gasteiger partial charge in [-0.1, -0.05) is 29.8 Å². The molecule has 8 heteroatoms. The van der Waals surface area contributed by atoms with Gasteiger partial charge in [-0.2, -0.15) is 5.10 Å². The van der Waals surface area contributed by atoms with Crippen LogP contribution < -0.4 is 10.6 Å². The molecular formula is C18H15ClN4O2S. The number of carbonyl (C=O) groups is 2. The number of carbonyl (C=O) groups excluding carboxylic acids is 2. The van der Waals surface area contributed by atoms with Crippen molar-refractivity contribution in [3.8, 4) is 10.4 Å². The van der Waals surface area contributed by atoms with Gasteiger partial charge in [-0.25, -0.2) is 0 Å². The molecule has 2 heterocycles. The van der Waals surface area contributed by atoms with Gasteiger partial charge in [0.1, 0.15) is 0 Å². The molecule has 0 aliphatic rings. The lowest BCUT2D eigenvalue weighted by atomic mass is 10.2. The Hall–Kier alpha value is -2.90. The number of hydrogen-bond acceptors (Lipinski definition) is 4. The van der Waals surface area contributed by atoms with E-state index in [0.29, 0.717) is 10.7 Å². The fraction of sp³-hybridized carbons (Fsp3) is 0.0556. The van der Waals surface area contributed by atoms with Crippen LogP contribution in [0.5, 0.6) is 0 Å². The number of rotatable bonds is 6. The predicted molar refractivity (Wildman–Crippen MR) is 104 cm³/mol. The Balaban J connectivity index is 1.52. The van der Waals surface area contributed by atoms with Crippen molar-refractivity contribution in [1.29, 1.82) is 0 Å². The summed E-state index contributed by atoms with van der Waals surface area (Å²) in [5.74, 6) is -0.676. The van der Waals surface area contributed by atoms with E-state index in [1.165, 1.54) is 23.6 Å². The largest absolute Gasteiger partial charge is 0.343 e. The van der Waals surface area contributed by atoms with Crippen molar-refractivity contribution in [2.45, 2.75) is 0 Å². The van der Waals surface area contributed by atoms with E-state index in [1.807, 2.05) is 36.4 Å². The Bertz CT molecular complexity index is 934. The third kappa shape index (κ3) is 4.81. The summed E-state index contributed by atoms with van der Waals surface area (Å²) in [7, 11) is 0. The Labute approximate surface area is 158 Å². The van der Waals surface area contributed by atoms with Crippen molar-refractivity contribution in [1.82, 2.24) is 15.5 Å². The van der Waals surface area contributed by atoms with Gasteiger partial charge in [0.05, 0.1) is 18.4 Å². The minimum absolute atomic E-state index is 0.121. The quantitative estimate of drug-likeness (QED) is 0.566. The number of thiophene rings is 1. The zero-order valence-corrected chi connectivity index (χ0v) is 15.1. The van der Waals surface area contributed by atoms with Crippen LogP contribution in [0.1, 0.15) is 4.88 Å². The summed E-state index contributed by atoms with van der Waals surface area (Å²) in [6.45, 7) is -0.121. The third-order valence-electron chi connectivity index (χ3n) is 3.37. The second kappa shape index (κ2) is 8.46. The van der Waals surface area contributed by atoms with Crippen molar-refractivity contribution in [3.63, 3.8) is 0 Å². The topological polar surface area (TPSA) is 86.9 Å². The Morgan fingerprint density at radius 1 is 1.23 bits per heavy atom. The zero-order valence-electron chi connectivity index (χ0n) is 13.5. The van der Waals surface area contributed by atoms with Crippen molar-refractivity contribution >= 4 is 46.5 Å². The maximum atomic E-state index is 11.8. The SMILES string of the molecule is O=C(/C=C/c1ccc(-c2ccccc2Cl)s1)NCC(=O)Nc1cn[nH]c1. The molecule has 6 nitrogen and oxygen atoms in total. The van der Waals surface area contributed by atoms with Crippen LogP contribution in [0, 0.1) is 0 Å². The van der Waals surface area contributed by atoms with Crippen LogP contribution in [0.15, 0.2) is 54.9 Å². The van der Waals surface area contributed by atoms with Gasteiger partial charge in [-0.05, 0) is 24.3 Å². The van der Waals surface area contributed by atoms with Gasteiger partial charge >= 0.3 is 0 Å². The molecule has 26 heavy (non-hydrogen) atoms. The van der Waals surface area contributed by atoms with Crippen LogP contribution in [0.2, 0.25) is 5.02 Å². The first kappa shape index (κ1) is 17.9. The lowest BCUT2D eigenvalue weighted by molar-refractivity contribution is -0.121. The number of H-pyrrole nitrogens is 1. The molecule has 2 aromatic heterocycles. The van der Waals surface area contributed by atoms with Crippen molar-refractivity contribution in [2.24, 2.45) is 0 Å². The molecule has 2 amide bonds. The van der Waals surface area contributed by atoms with E-state index in [0.717, 1.165) is 15.3 Å². The van der Waals surface area contributed by atoms with Gasteiger partial charge in [0.15, 0.2) is 0 Å². The lowest BCUT2D eigenvalue weighted by Gasteiger charge is -2.02. The zero-order chi connectivity index (χ0) is 18.4. The number of benzene rings is 1. The first-order valence-corrected chi connectivity index (χ1v) is 8.90. The molecule has 0 radical (unpaired) electrons. The fourth-order valence-corrected chi connectivity index (χ4v) is 3.40. The summed E-state index contributed by atoms with van der Waals surface area (Å²) in [5, 5.41) is 12.1. The average molecular weight is 387 g/mol. The van der Waals surface area contributed by atoms with Crippen LogP contribution in [0.3, 0.4) is 0 Å². The normalized spacial score (nSPS) is 10.8. The molecular weight excluding hydrogens is 372 g/mol. The number of aromatic nitrogens is 2.